The number of aryl methyl sites for hydroxylation is 1. The van der Waals surface area contributed by atoms with Crippen molar-refractivity contribution in [2.45, 2.75) is 39.7 Å². The number of pyridine rings is 1. The summed E-state index contributed by atoms with van der Waals surface area (Å²) in [6, 6.07) is 10.6. The molecular formula is C24H35N5O. The van der Waals surface area contributed by atoms with Gasteiger partial charge in [0, 0.05) is 39.4 Å². The van der Waals surface area contributed by atoms with E-state index in [0.717, 1.165) is 55.1 Å². The van der Waals surface area contributed by atoms with Gasteiger partial charge in [-0.05, 0) is 55.4 Å². The zero-order valence-corrected chi connectivity index (χ0v) is 18.7. The molecule has 2 N–H and O–H groups in total. The molecule has 0 atom stereocenters. The first-order valence-corrected chi connectivity index (χ1v) is 10.9. The molecule has 0 aliphatic carbocycles. The molecule has 162 valence electrons. The first-order chi connectivity index (χ1) is 14.6. The van der Waals surface area contributed by atoms with Crippen LogP contribution in [0, 0.1) is 12.8 Å². The topological polar surface area (TPSA) is 61.8 Å². The normalized spacial score (nSPS) is 15.2. The smallest absolute Gasteiger partial charge is 0.191 e. The fraction of sp³-hybridized carbons (Fsp3) is 0.500. The number of piperidine rings is 1. The standard InChI is InChI=1S/C24H35N5O/c1-18-10-13-29(14-11-18)23-8-6-20(16-27-23)17-28-24(25-3)26-12-9-21-15-19(2)5-7-22(21)30-4/h5-8,15-16,18H,9-14,17H2,1-4H3,(H2,25,26,28). The maximum absolute atomic E-state index is 5.46. The van der Waals surface area contributed by atoms with E-state index in [0.29, 0.717) is 6.54 Å². The van der Waals surface area contributed by atoms with Gasteiger partial charge >= 0.3 is 0 Å². The van der Waals surface area contributed by atoms with Gasteiger partial charge in [0.15, 0.2) is 5.96 Å². The van der Waals surface area contributed by atoms with Gasteiger partial charge in [-0.2, -0.15) is 0 Å². The fourth-order valence-electron chi connectivity index (χ4n) is 3.77. The number of nitrogens with one attached hydrogen (secondary N) is 2. The van der Waals surface area contributed by atoms with Gasteiger partial charge < -0.3 is 20.3 Å². The summed E-state index contributed by atoms with van der Waals surface area (Å²) in [5, 5.41) is 6.75. The highest BCUT2D eigenvalue weighted by atomic mass is 16.5. The Morgan fingerprint density at radius 1 is 1.20 bits per heavy atom. The number of hydrogen-bond acceptors (Lipinski definition) is 4. The van der Waals surface area contributed by atoms with E-state index in [9.17, 15) is 0 Å². The van der Waals surface area contributed by atoms with Crippen LogP contribution in [0.25, 0.3) is 0 Å². The Hall–Kier alpha value is -2.76. The zero-order valence-electron chi connectivity index (χ0n) is 18.7. The molecule has 1 saturated heterocycles. The van der Waals surface area contributed by atoms with Gasteiger partial charge in [0.1, 0.15) is 11.6 Å². The van der Waals surface area contributed by atoms with E-state index >= 15 is 0 Å². The fourth-order valence-corrected chi connectivity index (χ4v) is 3.77. The maximum atomic E-state index is 5.46. The predicted molar refractivity (Wildman–Crippen MR) is 124 cm³/mol. The number of rotatable bonds is 7. The predicted octanol–water partition coefficient (Wildman–Crippen LogP) is 3.54. The first-order valence-electron chi connectivity index (χ1n) is 10.9. The van der Waals surface area contributed by atoms with Crippen molar-refractivity contribution in [3.05, 3.63) is 53.2 Å². The highest BCUT2D eigenvalue weighted by Gasteiger charge is 2.16. The van der Waals surface area contributed by atoms with Crippen molar-refractivity contribution in [3.63, 3.8) is 0 Å². The minimum atomic E-state index is 0.692. The van der Waals surface area contributed by atoms with E-state index in [1.165, 1.54) is 24.0 Å². The summed E-state index contributed by atoms with van der Waals surface area (Å²) in [4.78, 5) is 11.4. The van der Waals surface area contributed by atoms with Crippen LogP contribution in [0.1, 0.15) is 36.5 Å². The van der Waals surface area contributed by atoms with Crippen LogP contribution in [-0.4, -0.2) is 44.7 Å². The summed E-state index contributed by atoms with van der Waals surface area (Å²) in [7, 11) is 3.51. The minimum absolute atomic E-state index is 0.692. The lowest BCUT2D eigenvalue weighted by Gasteiger charge is -2.31. The zero-order chi connectivity index (χ0) is 21.3. The molecular weight excluding hydrogens is 374 g/mol. The summed E-state index contributed by atoms with van der Waals surface area (Å²) in [6.07, 6.45) is 5.34. The molecule has 1 aromatic heterocycles. The number of hydrogen-bond donors (Lipinski definition) is 2. The average Bonchev–Trinajstić information content (AvgIpc) is 2.77. The van der Waals surface area contributed by atoms with Crippen LogP contribution in [0.3, 0.4) is 0 Å². The van der Waals surface area contributed by atoms with Crippen molar-refractivity contribution in [2.75, 3.05) is 38.7 Å². The molecule has 30 heavy (non-hydrogen) atoms. The van der Waals surface area contributed by atoms with Crippen LogP contribution in [0.5, 0.6) is 5.75 Å². The second kappa shape index (κ2) is 10.9. The number of methoxy groups -OCH3 is 1. The van der Waals surface area contributed by atoms with E-state index < -0.39 is 0 Å². The molecule has 6 nitrogen and oxygen atoms in total. The Morgan fingerprint density at radius 3 is 2.67 bits per heavy atom. The Labute approximate surface area is 180 Å². The Bertz CT molecular complexity index is 826. The van der Waals surface area contributed by atoms with E-state index in [-0.39, 0.29) is 0 Å². The SMILES string of the molecule is CN=C(NCCc1cc(C)ccc1OC)NCc1ccc(N2CCC(C)CC2)nc1. The third-order valence-electron chi connectivity index (χ3n) is 5.72. The number of benzene rings is 1. The van der Waals surface area contributed by atoms with Gasteiger partial charge in [-0.3, -0.25) is 4.99 Å². The van der Waals surface area contributed by atoms with Crippen LogP contribution < -0.4 is 20.3 Å². The highest BCUT2D eigenvalue weighted by molar-refractivity contribution is 5.79. The summed E-state index contributed by atoms with van der Waals surface area (Å²) < 4.78 is 5.46. The number of guanidine groups is 1. The number of aliphatic imine (C=N–C) groups is 1. The molecule has 1 aromatic carbocycles. The molecule has 0 saturated carbocycles. The lowest BCUT2D eigenvalue weighted by molar-refractivity contribution is 0.409. The lowest BCUT2D eigenvalue weighted by Crippen LogP contribution is -2.38. The second-order valence-corrected chi connectivity index (χ2v) is 8.11. The third kappa shape index (κ3) is 6.12. The molecule has 0 amide bonds. The number of anilines is 1. The summed E-state index contributed by atoms with van der Waals surface area (Å²) in [5.74, 6) is 3.63. The van der Waals surface area contributed by atoms with Gasteiger partial charge in [0.05, 0.1) is 7.11 Å². The molecule has 6 heteroatoms. The third-order valence-corrected chi connectivity index (χ3v) is 5.72. The van der Waals surface area contributed by atoms with Crippen molar-refractivity contribution >= 4 is 11.8 Å². The van der Waals surface area contributed by atoms with Gasteiger partial charge in [-0.15, -0.1) is 0 Å². The molecule has 1 fully saturated rings. The molecule has 1 aliphatic rings. The summed E-state index contributed by atoms with van der Waals surface area (Å²) in [5.41, 5.74) is 3.59. The van der Waals surface area contributed by atoms with Crippen LogP contribution >= 0.6 is 0 Å². The van der Waals surface area contributed by atoms with Crippen molar-refractivity contribution in [2.24, 2.45) is 10.9 Å². The molecule has 1 aliphatic heterocycles. The van der Waals surface area contributed by atoms with E-state index in [1.54, 1.807) is 14.2 Å². The van der Waals surface area contributed by atoms with Gasteiger partial charge in [-0.25, -0.2) is 4.98 Å². The Balaban J connectivity index is 1.46. The first kappa shape index (κ1) is 21.9. The molecule has 0 spiro atoms. The second-order valence-electron chi connectivity index (χ2n) is 8.11. The summed E-state index contributed by atoms with van der Waals surface area (Å²) >= 11 is 0. The quantitative estimate of drug-likeness (QED) is 0.541. The average molecular weight is 410 g/mol. The Morgan fingerprint density at radius 2 is 2.00 bits per heavy atom. The monoisotopic (exact) mass is 409 g/mol. The molecule has 0 radical (unpaired) electrons. The Kier molecular flexibility index (Phi) is 7.94. The highest BCUT2D eigenvalue weighted by Crippen LogP contribution is 2.21. The largest absolute Gasteiger partial charge is 0.496 e. The van der Waals surface area contributed by atoms with E-state index in [2.05, 4.69) is 63.6 Å². The van der Waals surface area contributed by atoms with Gasteiger partial charge in [-0.1, -0.05) is 30.7 Å². The molecule has 3 rings (SSSR count). The van der Waals surface area contributed by atoms with Gasteiger partial charge in [0.25, 0.3) is 0 Å². The van der Waals surface area contributed by atoms with Crippen molar-refractivity contribution in [1.82, 2.24) is 15.6 Å². The summed E-state index contributed by atoms with van der Waals surface area (Å²) in [6.45, 7) is 8.11. The molecule has 0 unspecified atom stereocenters. The van der Waals surface area contributed by atoms with Crippen LogP contribution in [-0.2, 0) is 13.0 Å². The van der Waals surface area contributed by atoms with Crippen LogP contribution in [0.2, 0.25) is 0 Å². The number of ether oxygens (including phenoxy) is 1. The van der Waals surface area contributed by atoms with E-state index in [4.69, 9.17) is 4.74 Å². The van der Waals surface area contributed by atoms with Crippen molar-refractivity contribution in [3.8, 4) is 5.75 Å². The van der Waals surface area contributed by atoms with Crippen LogP contribution in [0.4, 0.5) is 5.82 Å². The minimum Gasteiger partial charge on any atom is -0.496 e. The van der Waals surface area contributed by atoms with Crippen molar-refractivity contribution < 1.29 is 4.74 Å². The molecule has 2 heterocycles. The number of aromatic nitrogens is 1. The maximum Gasteiger partial charge on any atom is 0.191 e. The lowest BCUT2D eigenvalue weighted by atomic mass is 9.99. The van der Waals surface area contributed by atoms with Crippen molar-refractivity contribution in [1.29, 1.82) is 0 Å². The number of nitrogens with zero attached hydrogens (tertiary/aromatic N) is 3. The molecule has 0 bridgehead atoms. The van der Waals surface area contributed by atoms with Crippen LogP contribution in [0.15, 0.2) is 41.5 Å². The van der Waals surface area contributed by atoms with Gasteiger partial charge in [0.2, 0.25) is 0 Å². The van der Waals surface area contributed by atoms with E-state index in [1.807, 2.05) is 12.3 Å². The molecule has 2 aromatic rings.